The second kappa shape index (κ2) is 8.08. The van der Waals surface area contributed by atoms with Crippen molar-refractivity contribution >= 4 is 17.4 Å². The first-order valence-electron chi connectivity index (χ1n) is 9.06. The SMILES string of the molecule is CCCCN1C(=O)C(=O)C(=C(O)c2ccc(OC)cc2)C1c1ccccc1. The maximum Gasteiger partial charge on any atom is 0.295 e. The molecule has 2 aromatic carbocycles. The Balaban J connectivity index is 2.11. The number of unbranched alkanes of at least 4 members (excludes halogenated alkanes) is 1. The summed E-state index contributed by atoms with van der Waals surface area (Å²) in [7, 11) is 1.56. The van der Waals surface area contributed by atoms with E-state index in [-0.39, 0.29) is 11.3 Å². The fraction of sp³-hybridized carbons (Fsp3) is 0.273. The minimum atomic E-state index is -0.645. The zero-order valence-electron chi connectivity index (χ0n) is 15.5. The highest BCUT2D eigenvalue weighted by molar-refractivity contribution is 6.46. The van der Waals surface area contributed by atoms with Crippen molar-refractivity contribution < 1.29 is 19.4 Å². The summed E-state index contributed by atoms with van der Waals surface area (Å²) >= 11 is 0. The summed E-state index contributed by atoms with van der Waals surface area (Å²) in [5, 5.41) is 10.9. The van der Waals surface area contributed by atoms with Gasteiger partial charge in [0.25, 0.3) is 11.7 Å². The van der Waals surface area contributed by atoms with Crippen LogP contribution in [0.2, 0.25) is 0 Å². The first kappa shape index (κ1) is 18.7. The van der Waals surface area contributed by atoms with Crippen molar-refractivity contribution in [2.75, 3.05) is 13.7 Å². The minimum Gasteiger partial charge on any atom is -0.507 e. The number of aliphatic hydroxyl groups is 1. The number of likely N-dealkylation sites (tertiary alicyclic amines) is 1. The second-order valence-electron chi connectivity index (χ2n) is 6.49. The second-order valence-corrected chi connectivity index (χ2v) is 6.49. The lowest BCUT2D eigenvalue weighted by atomic mass is 9.95. The number of rotatable bonds is 6. The number of benzene rings is 2. The average molecular weight is 365 g/mol. The molecule has 1 unspecified atom stereocenters. The van der Waals surface area contributed by atoms with E-state index in [0.29, 0.717) is 17.9 Å². The lowest BCUT2D eigenvalue weighted by molar-refractivity contribution is -0.139. The summed E-state index contributed by atoms with van der Waals surface area (Å²) in [5.41, 5.74) is 1.42. The first-order valence-corrected chi connectivity index (χ1v) is 9.06. The van der Waals surface area contributed by atoms with Crippen molar-refractivity contribution in [3.63, 3.8) is 0 Å². The van der Waals surface area contributed by atoms with Crippen molar-refractivity contribution in [2.45, 2.75) is 25.8 Å². The molecule has 0 aromatic heterocycles. The van der Waals surface area contributed by atoms with Crippen LogP contribution in [-0.4, -0.2) is 35.4 Å². The summed E-state index contributed by atoms with van der Waals surface area (Å²) in [5.74, 6) is -0.723. The molecule has 1 heterocycles. The fourth-order valence-electron chi connectivity index (χ4n) is 3.33. The van der Waals surface area contributed by atoms with Crippen molar-refractivity contribution in [3.05, 3.63) is 71.3 Å². The van der Waals surface area contributed by atoms with Crippen molar-refractivity contribution in [3.8, 4) is 5.75 Å². The van der Waals surface area contributed by atoms with Gasteiger partial charge >= 0.3 is 0 Å². The minimum absolute atomic E-state index is 0.132. The van der Waals surface area contributed by atoms with Crippen LogP contribution in [0.5, 0.6) is 5.75 Å². The van der Waals surface area contributed by atoms with Gasteiger partial charge in [-0.3, -0.25) is 9.59 Å². The number of hydrogen-bond donors (Lipinski definition) is 1. The van der Waals surface area contributed by atoms with Crippen LogP contribution in [0.1, 0.15) is 36.9 Å². The van der Waals surface area contributed by atoms with Crippen LogP contribution >= 0.6 is 0 Å². The van der Waals surface area contributed by atoms with E-state index in [2.05, 4.69) is 0 Å². The Hall–Kier alpha value is -3.08. The van der Waals surface area contributed by atoms with Gasteiger partial charge in [-0.15, -0.1) is 0 Å². The molecule has 1 aliphatic heterocycles. The molecule has 0 aliphatic carbocycles. The van der Waals surface area contributed by atoms with Crippen LogP contribution < -0.4 is 4.74 Å². The zero-order valence-corrected chi connectivity index (χ0v) is 15.5. The molecule has 1 aliphatic rings. The summed E-state index contributed by atoms with van der Waals surface area (Å²) in [6, 6.07) is 15.5. The van der Waals surface area contributed by atoms with E-state index >= 15 is 0 Å². The number of hydrogen-bond acceptors (Lipinski definition) is 4. The summed E-state index contributed by atoms with van der Waals surface area (Å²) in [6.07, 6.45) is 1.70. The number of Topliss-reactive ketones (excluding diaryl/α,β-unsaturated/α-hetero) is 1. The Bertz CT molecular complexity index is 856. The normalized spacial score (nSPS) is 18.7. The third-order valence-electron chi connectivity index (χ3n) is 4.77. The van der Waals surface area contributed by atoms with Gasteiger partial charge in [-0.25, -0.2) is 0 Å². The molecule has 140 valence electrons. The van der Waals surface area contributed by atoms with Gasteiger partial charge in [-0.1, -0.05) is 43.7 Å². The molecule has 2 aromatic rings. The molecule has 5 heteroatoms. The molecule has 1 saturated heterocycles. The number of nitrogens with zero attached hydrogens (tertiary/aromatic N) is 1. The van der Waals surface area contributed by atoms with Crippen LogP contribution in [0.3, 0.4) is 0 Å². The third-order valence-corrected chi connectivity index (χ3v) is 4.77. The molecule has 1 N–H and O–H groups in total. The third kappa shape index (κ3) is 3.58. The average Bonchev–Trinajstić information content (AvgIpc) is 2.97. The van der Waals surface area contributed by atoms with Crippen molar-refractivity contribution in [2.24, 2.45) is 0 Å². The Morgan fingerprint density at radius 3 is 2.33 bits per heavy atom. The summed E-state index contributed by atoms with van der Waals surface area (Å²) < 4.78 is 5.14. The topological polar surface area (TPSA) is 66.8 Å². The monoisotopic (exact) mass is 365 g/mol. The van der Waals surface area contributed by atoms with Gasteiger partial charge in [0.2, 0.25) is 0 Å². The highest BCUT2D eigenvalue weighted by atomic mass is 16.5. The lowest BCUT2D eigenvalue weighted by Gasteiger charge is -2.25. The van der Waals surface area contributed by atoms with E-state index in [4.69, 9.17) is 4.74 Å². The molecule has 1 atom stereocenters. The van der Waals surface area contributed by atoms with Crippen molar-refractivity contribution in [1.29, 1.82) is 0 Å². The Labute approximate surface area is 158 Å². The summed E-state index contributed by atoms with van der Waals surface area (Å²) in [6.45, 7) is 2.51. The van der Waals surface area contributed by atoms with Gasteiger partial charge in [0.15, 0.2) is 0 Å². The Kier molecular flexibility index (Phi) is 5.60. The lowest BCUT2D eigenvalue weighted by Crippen LogP contribution is -2.30. The smallest absolute Gasteiger partial charge is 0.295 e. The highest BCUT2D eigenvalue weighted by Crippen LogP contribution is 2.39. The molecular weight excluding hydrogens is 342 g/mol. The number of carbonyl (C=O) groups is 2. The van der Waals surface area contributed by atoms with Crippen LogP contribution in [0.25, 0.3) is 5.76 Å². The van der Waals surface area contributed by atoms with E-state index in [1.807, 2.05) is 37.3 Å². The number of carbonyl (C=O) groups excluding carboxylic acids is 2. The molecule has 0 saturated carbocycles. The standard InChI is InChI=1S/C22H23NO4/c1-3-4-14-23-19(15-8-6-5-7-9-15)18(21(25)22(23)26)20(24)16-10-12-17(27-2)13-11-16/h5-13,19,24H,3-4,14H2,1-2H3. The van der Waals surface area contributed by atoms with Gasteiger partial charge in [0.1, 0.15) is 11.5 Å². The Morgan fingerprint density at radius 1 is 1.07 bits per heavy atom. The largest absolute Gasteiger partial charge is 0.507 e. The van der Waals surface area contributed by atoms with Crippen molar-refractivity contribution in [1.82, 2.24) is 4.90 Å². The van der Waals surface area contributed by atoms with Gasteiger partial charge < -0.3 is 14.7 Å². The molecule has 1 fully saturated rings. The Morgan fingerprint density at radius 2 is 1.74 bits per heavy atom. The van der Waals surface area contributed by atoms with Crippen LogP contribution in [0.4, 0.5) is 0 Å². The fourth-order valence-corrected chi connectivity index (χ4v) is 3.33. The van der Waals surface area contributed by atoms with Gasteiger partial charge in [0.05, 0.1) is 18.7 Å². The van der Waals surface area contributed by atoms with Gasteiger partial charge in [-0.05, 0) is 36.2 Å². The number of methoxy groups -OCH3 is 1. The molecular formula is C22H23NO4. The predicted octanol–water partition coefficient (Wildman–Crippen LogP) is 3.92. The van der Waals surface area contributed by atoms with E-state index in [9.17, 15) is 14.7 Å². The van der Waals surface area contributed by atoms with Crippen LogP contribution in [0, 0.1) is 0 Å². The molecule has 0 bridgehead atoms. The molecule has 1 amide bonds. The maximum atomic E-state index is 12.8. The van der Waals surface area contributed by atoms with E-state index in [1.54, 1.807) is 36.3 Å². The van der Waals surface area contributed by atoms with Gasteiger partial charge in [0, 0.05) is 12.1 Å². The number of amides is 1. The predicted molar refractivity (Wildman–Crippen MR) is 103 cm³/mol. The summed E-state index contributed by atoms with van der Waals surface area (Å²) in [4.78, 5) is 27.0. The maximum absolute atomic E-state index is 12.8. The molecule has 3 rings (SSSR count). The first-order chi connectivity index (χ1) is 13.1. The van der Waals surface area contributed by atoms with Crippen LogP contribution in [-0.2, 0) is 9.59 Å². The highest BCUT2D eigenvalue weighted by Gasteiger charge is 2.45. The molecule has 0 spiro atoms. The van der Waals surface area contributed by atoms with Gasteiger partial charge in [-0.2, -0.15) is 0 Å². The van der Waals surface area contributed by atoms with E-state index in [0.717, 1.165) is 18.4 Å². The quantitative estimate of drug-likeness (QED) is 0.479. The van der Waals surface area contributed by atoms with E-state index < -0.39 is 17.7 Å². The number of ketones is 1. The molecule has 27 heavy (non-hydrogen) atoms. The molecule has 5 nitrogen and oxygen atoms in total. The van der Waals surface area contributed by atoms with Crippen LogP contribution in [0.15, 0.2) is 60.2 Å². The van der Waals surface area contributed by atoms with E-state index in [1.165, 1.54) is 0 Å². The molecule has 0 radical (unpaired) electrons. The number of ether oxygens (including phenoxy) is 1. The number of aliphatic hydroxyl groups excluding tert-OH is 1. The zero-order chi connectivity index (χ0) is 19.4.